The molecule has 3 rings (SSSR count). The summed E-state index contributed by atoms with van der Waals surface area (Å²) in [6.07, 6.45) is 0. The Labute approximate surface area is 119 Å². The molecule has 1 heterocycles. The molecule has 2 aromatic rings. The summed E-state index contributed by atoms with van der Waals surface area (Å²) in [7, 11) is 1.68. The van der Waals surface area contributed by atoms with Crippen LogP contribution in [-0.2, 0) is 0 Å². The first-order valence-electron chi connectivity index (χ1n) is 6.89. The van der Waals surface area contributed by atoms with Crippen LogP contribution in [0.25, 0.3) is 0 Å². The summed E-state index contributed by atoms with van der Waals surface area (Å²) in [6, 6.07) is 16.4. The summed E-state index contributed by atoms with van der Waals surface area (Å²) in [5, 5.41) is 0. The number of rotatable bonds is 4. The van der Waals surface area contributed by atoms with Crippen LogP contribution in [0.2, 0.25) is 0 Å². The Hall–Kier alpha value is -2.00. The minimum atomic E-state index is 0.268. The van der Waals surface area contributed by atoms with Gasteiger partial charge in [0.1, 0.15) is 11.5 Å². The van der Waals surface area contributed by atoms with Crippen molar-refractivity contribution in [3.8, 4) is 11.5 Å². The standard InChI is InChI=1S/C17H19NO2/c1-19-13-8-6-12(7-9-13)15(10-18)16-11-20-17-5-3-2-4-14(16)17/h2-9,15-16H,10-11,18H2,1H3. The van der Waals surface area contributed by atoms with E-state index in [1.54, 1.807) is 7.11 Å². The van der Waals surface area contributed by atoms with E-state index in [-0.39, 0.29) is 5.92 Å². The van der Waals surface area contributed by atoms with Crippen LogP contribution in [0.4, 0.5) is 0 Å². The predicted octanol–water partition coefficient (Wildman–Crippen LogP) is 2.91. The van der Waals surface area contributed by atoms with E-state index in [1.807, 2.05) is 24.3 Å². The lowest BCUT2D eigenvalue weighted by Gasteiger charge is -2.22. The predicted molar refractivity (Wildman–Crippen MR) is 79.5 cm³/mol. The zero-order chi connectivity index (χ0) is 13.9. The Morgan fingerprint density at radius 1 is 1.20 bits per heavy atom. The second kappa shape index (κ2) is 5.55. The van der Waals surface area contributed by atoms with Crippen LogP contribution in [0, 0.1) is 0 Å². The lowest BCUT2D eigenvalue weighted by Crippen LogP contribution is -2.21. The van der Waals surface area contributed by atoms with Crippen LogP contribution in [0.15, 0.2) is 48.5 Å². The molecule has 20 heavy (non-hydrogen) atoms. The van der Waals surface area contributed by atoms with Crippen molar-refractivity contribution in [1.29, 1.82) is 0 Å². The largest absolute Gasteiger partial charge is 0.497 e. The number of hydrogen-bond donors (Lipinski definition) is 1. The number of nitrogens with two attached hydrogens (primary N) is 1. The molecule has 0 aliphatic carbocycles. The molecule has 0 saturated heterocycles. The normalized spacial score (nSPS) is 18.2. The monoisotopic (exact) mass is 269 g/mol. The molecule has 0 amide bonds. The maximum atomic E-state index is 6.03. The molecular weight excluding hydrogens is 250 g/mol. The molecule has 2 unspecified atom stereocenters. The van der Waals surface area contributed by atoms with Crippen molar-refractivity contribution < 1.29 is 9.47 Å². The zero-order valence-electron chi connectivity index (χ0n) is 11.6. The number of ether oxygens (including phenoxy) is 2. The Kier molecular flexibility index (Phi) is 3.61. The number of benzene rings is 2. The molecule has 1 aliphatic heterocycles. The van der Waals surface area contributed by atoms with Gasteiger partial charge in [-0.3, -0.25) is 0 Å². The van der Waals surface area contributed by atoms with Crippen LogP contribution in [0.1, 0.15) is 23.0 Å². The Morgan fingerprint density at radius 3 is 2.65 bits per heavy atom. The molecule has 2 aromatic carbocycles. The van der Waals surface area contributed by atoms with E-state index in [2.05, 4.69) is 24.3 Å². The average Bonchev–Trinajstić information content (AvgIpc) is 2.93. The summed E-state index contributed by atoms with van der Waals surface area (Å²) in [4.78, 5) is 0. The highest BCUT2D eigenvalue weighted by molar-refractivity contribution is 5.43. The van der Waals surface area contributed by atoms with Crippen molar-refractivity contribution in [3.05, 3.63) is 59.7 Å². The third-order valence-corrected chi connectivity index (χ3v) is 4.02. The van der Waals surface area contributed by atoms with Crippen molar-refractivity contribution in [2.45, 2.75) is 11.8 Å². The maximum absolute atomic E-state index is 6.03. The molecule has 2 atom stereocenters. The molecule has 0 saturated carbocycles. The van der Waals surface area contributed by atoms with Gasteiger partial charge in [0.05, 0.1) is 13.7 Å². The second-order valence-electron chi connectivity index (χ2n) is 5.07. The molecule has 0 bridgehead atoms. The van der Waals surface area contributed by atoms with E-state index in [9.17, 15) is 0 Å². The van der Waals surface area contributed by atoms with Crippen molar-refractivity contribution in [2.75, 3.05) is 20.3 Å². The Balaban J connectivity index is 1.90. The van der Waals surface area contributed by atoms with Gasteiger partial charge < -0.3 is 15.2 Å². The summed E-state index contributed by atoms with van der Waals surface area (Å²) in [5.74, 6) is 2.45. The first kappa shape index (κ1) is 13.0. The van der Waals surface area contributed by atoms with Gasteiger partial charge in [-0.15, -0.1) is 0 Å². The van der Waals surface area contributed by atoms with Gasteiger partial charge in [0.2, 0.25) is 0 Å². The van der Waals surface area contributed by atoms with Crippen molar-refractivity contribution in [3.63, 3.8) is 0 Å². The number of fused-ring (bicyclic) bond motifs is 1. The van der Waals surface area contributed by atoms with Gasteiger partial charge in [-0.25, -0.2) is 0 Å². The number of hydrogen-bond acceptors (Lipinski definition) is 3. The van der Waals surface area contributed by atoms with E-state index in [4.69, 9.17) is 15.2 Å². The smallest absolute Gasteiger partial charge is 0.122 e. The van der Waals surface area contributed by atoms with E-state index in [1.165, 1.54) is 11.1 Å². The molecule has 0 aromatic heterocycles. The van der Waals surface area contributed by atoms with Crippen LogP contribution in [-0.4, -0.2) is 20.3 Å². The van der Waals surface area contributed by atoms with E-state index < -0.39 is 0 Å². The topological polar surface area (TPSA) is 44.5 Å². The Morgan fingerprint density at radius 2 is 1.95 bits per heavy atom. The molecule has 2 N–H and O–H groups in total. The molecule has 0 spiro atoms. The number of para-hydroxylation sites is 1. The molecule has 3 nitrogen and oxygen atoms in total. The van der Waals surface area contributed by atoms with E-state index in [0.29, 0.717) is 19.1 Å². The molecular formula is C17H19NO2. The third kappa shape index (κ3) is 2.25. The highest BCUT2D eigenvalue weighted by Crippen LogP contribution is 2.42. The van der Waals surface area contributed by atoms with Crippen molar-refractivity contribution in [2.24, 2.45) is 5.73 Å². The third-order valence-electron chi connectivity index (χ3n) is 4.02. The minimum absolute atomic E-state index is 0.268. The van der Waals surface area contributed by atoms with Crippen LogP contribution >= 0.6 is 0 Å². The highest BCUT2D eigenvalue weighted by Gasteiger charge is 2.31. The number of methoxy groups -OCH3 is 1. The van der Waals surface area contributed by atoms with E-state index >= 15 is 0 Å². The van der Waals surface area contributed by atoms with Gasteiger partial charge in [-0.05, 0) is 30.3 Å². The van der Waals surface area contributed by atoms with Crippen LogP contribution in [0.3, 0.4) is 0 Å². The molecule has 104 valence electrons. The highest BCUT2D eigenvalue weighted by atomic mass is 16.5. The molecule has 1 aliphatic rings. The molecule has 0 radical (unpaired) electrons. The Bertz CT molecular complexity index is 580. The average molecular weight is 269 g/mol. The van der Waals surface area contributed by atoms with Crippen molar-refractivity contribution in [1.82, 2.24) is 0 Å². The summed E-state index contributed by atoms with van der Waals surface area (Å²) >= 11 is 0. The van der Waals surface area contributed by atoms with Gasteiger partial charge in [-0.1, -0.05) is 30.3 Å². The van der Waals surface area contributed by atoms with Gasteiger partial charge in [0.25, 0.3) is 0 Å². The van der Waals surface area contributed by atoms with Gasteiger partial charge >= 0.3 is 0 Å². The zero-order valence-corrected chi connectivity index (χ0v) is 11.6. The quantitative estimate of drug-likeness (QED) is 0.928. The fraction of sp³-hybridized carbons (Fsp3) is 0.294. The van der Waals surface area contributed by atoms with Crippen LogP contribution < -0.4 is 15.2 Å². The lowest BCUT2D eigenvalue weighted by molar-refractivity contribution is 0.315. The van der Waals surface area contributed by atoms with Gasteiger partial charge in [0, 0.05) is 17.4 Å². The van der Waals surface area contributed by atoms with Gasteiger partial charge in [-0.2, -0.15) is 0 Å². The second-order valence-corrected chi connectivity index (χ2v) is 5.07. The SMILES string of the molecule is COc1ccc(C(CN)C2COc3ccccc32)cc1. The molecule has 3 heteroatoms. The summed E-state index contributed by atoms with van der Waals surface area (Å²) in [5.41, 5.74) is 8.52. The fourth-order valence-electron chi connectivity index (χ4n) is 2.90. The minimum Gasteiger partial charge on any atom is -0.497 e. The summed E-state index contributed by atoms with van der Waals surface area (Å²) in [6.45, 7) is 1.31. The molecule has 0 fully saturated rings. The van der Waals surface area contributed by atoms with Crippen LogP contribution in [0.5, 0.6) is 11.5 Å². The fourth-order valence-corrected chi connectivity index (χ4v) is 2.90. The lowest BCUT2D eigenvalue weighted by atomic mass is 9.82. The summed E-state index contributed by atoms with van der Waals surface area (Å²) < 4.78 is 11.0. The first-order valence-corrected chi connectivity index (χ1v) is 6.89. The van der Waals surface area contributed by atoms with E-state index in [0.717, 1.165) is 11.5 Å². The maximum Gasteiger partial charge on any atom is 0.122 e. The van der Waals surface area contributed by atoms with Crippen molar-refractivity contribution >= 4 is 0 Å². The first-order chi connectivity index (χ1) is 9.83. The van der Waals surface area contributed by atoms with Gasteiger partial charge in [0.15, 0.2) is 0 Å².